The van der Waals surface area contributed by atoms with Gasteiger partial charge in [-0.25, -0.2) is 0 Å². The summed E-state index contributed by atoms with van der Waals surface area (Å²) >= 11 is 0. The Kier molecular flexibility index (Phi) is 4.60. The third-order valence-corrected chi connectivity index (χ3v) is 5.45. The number of pyridine rings is 1. The summed E-state index contributed by atoms with van der Waals surface area (Å²) in [5, 5.41) is 3.83. The van der Waals surface area contributed by atoms with Crippen molar-refractivity contribution in [2.75, 3.05) is 13.1 Å². The quantitative estimate of drug-likeness (QED) is 0.925. The molecule has 0 amide bonds. The van der Waals surface area contributed by atoms with E-state index in [4.69, 9.17) is 0 Å². The lowest BCUT2D eigenvalue weighted by Crippen LogP contribution is -2.65. The highest BCUT2D eigenvalue weighted by Crippen LogP contribution is 2.36. The van der Waals surface area contributed by atoms with Crippen molar-refractivity contribution in [2.45, 2.75) is 64.1 Å². The van der Waals surface area contributed by atoms with Gasteiger partial charge in [0.2, 0.25) is 0 Å². The van der Waals surface area contributed by atoms with Crippen LogP contribution in [0.15, 0.2) is 24.4 Å². The molecule has 1 saturated heterocycles. The van der Waals surface area contributed by atoms with E-state index in [1.165, 1.54) is 37.8 Å². The maximum atomic E-state index is 4.56. The maximum absolute atomic E-state index is 4.56. The van der Waals surface area contributed by atoms with Gasteiger partial charge in [-0.05, 0) is 30.9 Å². The molecule has 1 aromatic heterocycles. The van der Waals surface area contributed by atoms with E-state index in [0.717, 1.165) is 19.6 Å². The summed E-state index contributed by atoms with van der Waals surface area (Å²) in [6.45, 7) is 7.98. The van der Waals surface area contributed by atoms with E-state index in [2.05, 4.69) is 41.2 Å². The zero-order valence-corrected chi connectivity index (χ0v) is 13.5. The predicted octanol–water partition coefficient (Wildman–Crippen LogP) is 3.21. The minimum Gasteiger partial charge on any atom is -0.311 e. The van der Waals surface area contributed by atoms with Gasteiger partial charge >= 0.3 is 0 Å². The van der Waals surface area contributed by atoms with E-state index in [9.17, 15) is 0 Å². The molecular weight excluding hydrogens is 258 g/mol. The molecule has 3 heteroatoms. The average Bonchev–Trinajstić information content (AvgIpc) is 2.51. The van der Waals surface area contributed by atoms with Crippen LogP contribution in [-0.2, 0) is 6.54 Å². The first-order valence-electron chi connectivity index (χ1n) is 8.58. The highest BCUT2D eigenvalue weighted by Gasteiger charge is 2.42. The smallest absolute Gasteiger partial charge is 0.0544 e. The zero-order chi connectivity index (χ0) is 14.7. The molecular formula is C18H29N3. The SMILES string of the molecule is CC(C)C1CN(Cc2ccccn2)C2(CCCCC2)CN1. The lowest BCUT2D eigenvalue weighted by molar-refractivity contribution is -0.00503. The molecule has 1 N–H and O–H groups in total. The molecule has 2 heterocycles. The first-order chi connectivity index (χ1) is 10.2. The van der Waals surface area contributed by atoms with Crippen LogP contribution in [0.1, 0.15) is 51.6 Å². The highest BCUT2D eigenvalue weighted by molar-refractivity contribution is 5.07. The van der Waals surface area contributed by atoms with Crippen LogP contribution in [-0.4, -0.2) is 34.6 Å². The highest BCUT2D eigenvalue weighted by atomic mass is 15.3. The third kappa shape index (κ3) is 3.29. The molecule has 2 aliphatic rings. The number of aromatic nitrogens is 1. The van der Waals surface area contributed by atoms with Gasteiger partial charge in [0.1, 0.15) is 0 Å². The van der Waals surface area contributed by atoms with Crippen LogP contribution in [0.25, 0.3) is 0 Å². The van der Waals surface area contributed by atoms with Crippen molar-refractivity contribution in [2.24, 2.45) is 5.92 Å². The molecule has 3 nitrogen and oxygen atoms in total. The fourth-order valence-electron chi connectivity index (χ4n) is 4.00. The summed E-state index contributed by atoms with van der Waals surface area (Å²) < 4.78 is 0. The molecule has 1 atom stereocenters. The zero-order valence-electron chi connectivity index (χ0n) is 13.5. The van der Waals surface area contributed by atoms with Crippen molar-refractivity contribution in [1.82, 2.24) is 15.2 Å². The fraction of sp³-hybridized carbons (Fsp3) is 0.722. The van der Waals surface area contributed by atoms with Crippen LogP contribution in [0.2, 0.25) is 0 Å². The van der Waals surface area contributed by atoms with Crippen molar-refractivity contribution in [1.29, 1.82) is 0 Å². The lowest BCUT2D eigenvalue weighted by atomic mass is 9.77. The van der Waals surface area contributed by atoms with E-state index in [0.29, 0.717) is 17.5 Å². The summed E-state index contributed by atoms with van der Waals surface area (Å²) in [5.74, 6) is 0.692. The van der Waals surface area contributed by atoms with E-state index < -0.39 is 0 Å². The van der Waals surface area contributed by atoms with Crippen molar-refractivity contribution in [3.63, 3.8) is 0 Å². The van der Waals surface area contributed by atoms with Gasteiger partial charge in [0.05, 0.1) is 5.69 Å². The van der Waals surface area contributed by atoms with Crippen LogP contribution in [0, 0.1) is 5.92 Å². The molecule has 1 unspecified atom stereocenters. The number of nitrogens with one attached hydrogen (secondary N) is 1. The monoisotopic (exact) mass is 287 g/mol. The number of rotatable bonds is 3. The predicted molar refractivity (Wildman–Crippen MR) is 87.1 cm³/mol. The van der Waals surface area contributed by atoms with E-state index in [1.54, 1.807) is 0 Å². The first-order valence-corrected chi connectivity index (χ1v) is 8.58. The van der Waals surface area contributed by atoms with Gasteiger partial charge < -0.3 is 5.32 Å². The van der Waals surface area contributed by atoms with Crippen LogP contribution >= 0.6 is 0 Å². The molecule has 116 valence electrons. The second-order valence-electron chi connectivity index (χ2n) is 7.22. The van der Waals surface area contributed by atoms with Crippen molar-refractivity contribution in [3.8, 4) is 0 Å². The molecule has 1 aromatic rings. The lowest BCUT2D eigenvalue weighted by Gasteiger charge is -2.52. The number of nitrogens with zero attached hydrogens (tertiary/aromatic N) is 2. The second-order valence-corrected chi connectivity index (χ2v) is 7.22. The van der Waals surface area contributed by atoms with Crippen LogP contribution in [0.3, 0.4) is 0 Å². The Balaban J connectivity index is 1.78. The van der Waals surface area contributed by atoms with Crippen molar-refractivity contribution in [3.05, 3.63) is 30.1 Å². The summed E-state index contributed by atoms with van der Waals surface area (Å²) in [7, 11) is 0. The van der Waals surface area contributed by atoms with E-state index >= 15 is 0 Å². The molecule has 0 aromatic carbocycles. The molecule has 0 radical (unpaired) electrons. The largest absolute Gasteiger partial charge is 0.311 e. The Morgan fingerprint density at radius 3 is 2.76 bits per heavy atom. The van der Waals surface area contributed by atoms with Gasteiger partial charge in [0.15, 0.2) is 0 Å². The topological polar surface area (TPSA) is 28.2 Å². The molecule has 1 spiro atoms. The molecule has 1 aliphatic heterocycles. The summed E-state index contributed by atoms with van der Waals surface area (Å²) in [6, 6.07) is 6.90. The van der Waals surface area contributed by atoms with Crippen molar-refractivity contribution >= 4 is 0 Å². The normalized spacial score (nSPS) is 26.3. The number of hydrogen-bond acceptors (Lipinski definition) is 3. The average molecular weight is 287 g/mol. The van der Waals surface area contributed by atoms with E-state index in [1.807, 2.05) is 12.3 Å². The number of piperazine rings is 1. The summed E-state index contributed by atoms with van der Waals surface area (Å²) in [6.07, 6.45) is 8.78. The summed E-state index contributed by atoms with van der Waals surface area (Å²) in [5.41, 5.74) is 1.59. The van der Waals surface area contributed by atoms with Gasteiger partial charge in [-0.15, -0.1) is 0 Å². The maximum Gasteiger partial charge on any atom is 0.0544 e. The Bertz CT molecular complexity index is 437. The Morgan fingerprint density at radius 1 is 1.29 bits per heavy atom. The minimum absolute atomic E-state index is 0.376. The van der Waals surface area contributed by atoms with Crippen molar-refractivity contribution < 1.29 is 0 Å². The molecule has 3 rings (SSSR count). The number of hydrogen-bond donors (Lipinski definition) is 1. The Morgan fingerprint density at radius 2 is 2.10 bits per heavy atom. The Labute approximate surface area is 129 Å². The third-order valence-electron chi connectivity index (χ3n) is 5.45. The molecule has 1 aliphatic carbocycles. The second kappa shape index (κ2) is 6.45. The van der Waals surface area contributed by atoms with Gasteiger partial charge in [0, 0.05) is 37.4 Å². The standard InChI is InChI=1S/C18H29N3/c1-15(2)17-13-21(12-16-8-4-7-11-19-16)18(14-20-17)9-5-3-6-10-18/h4,7-8,11,15,17,20H,3,5-6,9-10,12-14H2,1-2H3. The first kappa shape index (κ1) is 15.0. The molecule has 1 saturated carbocycles. The molecule has 0 bridgehead atoms. The molecule has 21 heavy (non-hydrogen) atoms. The Hall–Kier alpha value is -0.930. The van der Waals surface area contributed by atoms with Crippen LogP contribution in [0.4, 0.5) is 0 Å². The van der Waals surface area contributed by atoms with Crippen LogP contribution < -0.4 is 5.32 Å². The minimum atomic E-state index is 0.376. The van der Waals surface area contributed by atoms with Gasteiger partial charge in [0.25, 0.3) is 0 Å². The fourth-order valence-corrected chi connectivity index (χ4v) is 4.00. The van der Waals surface area contributed by atoms with Gasteiger partial charge in [-0.2, -0.15) is 0 Å². The summed E-state index contributed by atoms with van der Waals surface area (Å²) in [4.78, 5) is 7.30. The van der Waals surface area contributed by atoms with Gasteiger partial charge in [-0.1, -0.05) is 39.2 Å². The van der Waals surface area contributed by atoms with Crippen LogP contribution in [0.5, 0.6) is 0 Å². The van der Waals surface area contributed by atoms with E-state index in [-0.39, 0.29) is 0 Å². The molecule has 2 fully saturated rings. The van der Waals surface area contributed by atoms with Gasteiger partial charge in [-0.3, -0.25) is 9.88 Å².